The van der Waals surface area contributed by atoms with Crippen LogP contribution in [0.4, 0.5) is 0 Å². The molecule has 0 saturated heterocycles. The summed E-state index contributed by atoms with van der Waals surface area (Å²) in [6.07, 6.45) is 0.900. The standard InChI is InChI=1S/C14H14BrCl2NS/c1-2-18-12(13-5-6-14(15)19-13)8-9-3-4-10(16)11(17)7-9/h3-7,12,18H,2,8H2,1H3. The van der Waals surface area contributed by atoms with Crippen LogP contribution in [0.5, 0.6) is 0 Å². The molecule has 0 bridgehead atoms. The molecule has 0 spiro atoms. The van der Waals surface area contributed by atoms with Gasteiger partial charge in [0.2, 0.25) is 0 Å². The van der Waals surface area contributed by atoms with Crippen molar-refractivity contribution >= 4 is 50.5 Å². The summed E-state index contributed by atoms with van der Waals surface area (Å²) in [5, 5.41) is 4.72. The van der Waals surface area contributed by atoms with Crippen LogP contribution in [0.25, 0.3) is 0 Å². The van der Waals surface area contributed by atoms with Crippen molar-refractivity contribution in [2.24, 2.45) is 0 Å². The number of thiophene rings is 1. The highest BCUT2D eigenvalue weighted by Crippen LogP contribution is 2.30. The summed E-state index contributed by atoms with van der Waals surface area (Å²) in [6, 6.07) is 10.4. The molecule has 1 heterocycles. The molecule has 0 amide bonds. The number of nitrogens with one attached hydrogen (secondary N) is 1. The van der Waals surface area contributed by atoms with E-state index in [1.807, 2.05) is 18.2 Å². The Kier molecular flexibility index (Phi) is 5.72. The lowest BCUT2D eigenvalue weighted by Gasteiger charge is -2.16. The predicted octanol–water partition coefficient (Wildman–Crippen LogP) is 5.71. The van der Waals surface area contributed by atoms with Crippen LogP contribution in [0.2, 0.25) is 10.0 Å². The Morgan fingerprint density at radius 3 is 2.58 bits per heavy atom. The molecule has 2 rings (SSSR count). The molecule has 0 fully saturated rings. The first-order valence-electron chi connectivity index (χ1n) is 6.02. The molecule has 0 aliphatic heterocycles. The van der Waals surface area contributed by atoms with Crippen LogP contribution in [0, 0.1) is 0 Å². The van der Waals surface area contributed by atoms with E-state index in [0.717, 1.165) is 16.8 Å². The van der Waals surface area contributed by atoms with Crippen LogP contribution in [-0.4, -0.2) is 6.54 Å². The molecule has 19 heavy (non-hydrogen) atoms. The molecule has 1 atom stereocenters. The molecular weight excluding hydrogens is 365 g/mol. The van der Waals surface area contributed by atoms with E-state index in [0.29, 0.717) is 16.1 Å². The third-order valence-electron chi connectivity index (χ3n) is 2.81. The smallest absolute Gasteiger partial charge is 0.0701 e. The molecule has 0 aliphatic rings. The van der Waals surface area contributed by atoms with Crippen molar-refractivity contribution in [2.75, 3.05) is 6.54 Å². The van der Waals surface area contributed by atoms with Gasteiger partial charge >= 0.3 is 0 Å². The Morgan fingerprint density at radius 1 is 1.21 bits per heavy atom. The molecule has 5 heteroatoms. The molecular formula is C14H14BrCl2NS. The van der Waals surface area contributed by atoms with Crippen molar-refractivity contribution in [1.29, 1.82) is 0 Å². The Balaban J connectivity index is 2.18. The van der Waals surface area contributed by atoms with Gasteiger partial charge in [-0.15, -0.1) is 11.3 Å². The average Bonchev–Trinajstić information content (AvgIpc) is 2.80. The van der Waals surface area contributed by atoms with Crippen LogP contribution in [-0.2, 0) is 6.42 Å². The maximum atomic E-state index is 6.07. The van der Waals surface area contributed by atoms with Crippen molar-refractivity contribution in [2.45, 2.75) is 19.4 Å². The molecule has 0 saturated carbocycles. The summed E-state index contributed by atoms with van der Waals surface area (Å²) < 4.78 is 1.15. The van der Waals surface area contributed by atoms with E-state index in [1.54, 1.807) is 11.3 Å². The fraction of sp³-hybridized carbons (Fsp3) is 0.286. The number of halogens is 3. The van der Waals surface area contributed by atoms with Gasteiger partial charge in [0.25, 0.3) is 0 Å². The van der Waals surface area contributed by atoms with Gasteiger partial charge < -0.3 is 5.32 Å². The van der Waals surface area contributed by atoms with E-state index < -0.39 is 0 Å². The fourth-order valence-corrected chi connectivity index (χ4v) is 3.76. The minimum absolute atomic E-state index is 0.304. The second-order valence-electron chi connectivity index (χ2n) is 4.20. The monoisotopic (exact) mass is 377 g/mol. The molecule has 1 aromatic heterocycles. The zero-order chi connectivity index (χ0) is 13.8. The van der Waals surface area contributed by atoms with E-state index >= 15 is 0 Å². The van der Waals surface area contributed by atoms with E-state index in [-0.39, 0.29) is 0 Å². The van der Waals surface area contributed by atoms with Crippen molar-refractivity contribution in [3.63, 3.8) is 0 Å². The second-order valence-corrected chi connectivity index (χ2v) is 7.51. The van der Waals surface area contributed by atoms with Gasteiger partial charge in [-0.1, -0.05) is 36.2 Å². The first-order chi connectivity index (χ1) is 9.10. The lowest BCUT2D eigenvalue weighted by molar-refractivity contribution is 0.558. The molecule has 2 aromatic rings. The zero-order valence-corrected chi connectivity index (χ0v) is 14.3. The maximum absolute atomic E-state index is 6.07. The van der Waals surface area contributed by atoms with Crippen LogP contribution < -0.4 is 5.32 Å². The molecule has 1 aromatic carbocycles. The zero-order valence-electron chi connectivity index (χ0n) is 10.4. The van der Waals surface area contributed by atoms with E-state index in [2.05, 4.69) is 40.3 Å². The summed E-state index contributed by atoms with van der Waals surface area (Å²) in [5.41, 5.74) is 1.19. The Morgan fingerprint density at radius 2 is 2.00 bits per heavy atom. The summed E-state index contributed by atoms with van der Waals surface area (Å²) in [5.74, 6) is 0. The topological polar surface area (TPSA) is 12.0 Å². The van der Waals surface area contributed by atoms with Crippen molar-refractivity contribution in [3.05, 3.63) is 54.6 Å². The third kappa shape index (κ3) is 4.20. The summed E-state index contributed by atoms with van der Waals surface area (Å²) in [7, 11) is 0. The van der Waals surface area contributed by atoms with Gasteiger partial charge in [0, 0.05) is 10.9 Å². The molecule has 102 valence electrons. The van der Waals surface area contributed by atoms with Gasteiger partial charge in [0.15, 0.2) is 0 Å². The van der Waals surface area contributed by atoms with Gasteiger partial charge in [0.1, 0.15) is 0 Å². The largest absolute Gasteiger partial charge is 0.309 e. The predicted molar refractivity (Wildman–Crippen MR) is 88.6 cm³/mol. The van der Waals surface area contributed by atoms with Gasteiger partial charge in [-0.2, -0.15) is 0 Å². The number of rotatable bonds is 5. The van der Waals surface area contributed by atoms with Gasteiger partial charge in [-0.05, 0) is 58.7 Å². The molecule has 1 unspecified atom stereocenters. The first-order valence-corrected chi connectivity index (χ1v) is 8.39. The lowest BCUT2D eigenvalue weighted by Crippen LogP contribution is -2.22. The average molecular weight is 379 g/mol. The van der Waals surface area contributed by atoms with Gasteiger partial charge in [-0.25, -0.2) is 0 Å². The molecule has 1 nitrogen and oxygen atoms in total. The van der Waals surface area contributed by atoms with Crippen molar-refractivity contribution in [1.82, 2.24) is 5.32 Å². The van der Waals surface area contributed by atoms with Crippen LogP contribution in [0.15, 0.2) is 34.1 Å². The van der Waals surface area contributed by atoms with Crippen molar-refractivity contribution in [3.8, 4) is 0 Å². The highest BCUT2D eigenvalue weighted by molar-refractivity contribution is 9.11. The van der Waals surface area contributed by atoms with E-state index in [1.165, 1.54) is 10.4 Å². The number of hydrogen-bond donors (Lipinski definition) is 1. The van der Waals surface area contributed by atoms with E-state index in [4.69, 9.17) is 23.2 Å². The van der Waals surface area contributed by atoms with Gasteiger partial charge in [-0.3, -0.25) is 0 Å². The first kappa shape index (κ1) is 15.3. The number of hydrogen-bond acceptors (Lipinski definition) is 2. The number of benzene rings is 1. The fourth-order valence-electron chi connectivity index (χ4n) is 1.94. The molecule has 0 aliphatic carbocycles. The van der Waals surface area contributed by atoms with Gasteiger partial charge in [0.05, 0.1) is 13.8 Å². The Bertz CT molecular complexity index is 556. The third-order valence-corrected chi connectivity index (χ3v) is 5.29. The second kappa shape index (κ2) is 7.09. The van der Waals surface area contributed by atoms with Crippen LogP contribution >= 0.6 is 50.5 Å². The lowest BCUT2D eigenvalue weighted by atomic mass is 10.0. The maximum Gasteiger partial charge on any atom is 0.0701 e. The Labute approximate surface area is 136 Å². The summed E-state index contributed by atoms with van der Waals surface area (Å²) in [4.78, 5) is 1.32. The summed E-state index contributed by atoms with van der Waals surface area (Å²) in [6.45, 7) is 3.05. The molecule has 1 N–H and O–H groups in total. The van der Waals surface area contributed by atoms with Crippen LogP contribution in [0.1, 0.15) is 23.4 Å². The summed E-state index contributed by atoms with van der Waals surface area (Å²) >= 11 is 17.3. The number of likely N-dealkylation sites (N-methyl/N-ethyl adjacent to an activating group) is 1. The van der Waals surface area contributed by atoms with E-state index in [9.17, 15) is 0 Å². The van der Waals surface area contributed by atoms with Crippen molar-refractivity contribution < 1.29 is 0 Å². The highest BCUT2D eigenvalue weighted by Gasteiger charge is 2.14. The Hall–Kier alpha value is -0.0600. The molecule has 0 radical (unpaired) electrons. The minimum atomic E-state index is 0.304. The normalized spacial score (nSPS) is 12.6. The quantitative estimate of drug-likeness (QED) is 0.702. The van der Waals surface area contributed by atoms with Crippen LogP contribution in [0.3, 0.4) is 0 Å². The SMILES string of the molecule is CCNC(Cc1ccc(Cl)c(Cl)c1)c1ccc(Br)s1. The minimum Gasteiger partial charge on any atom is -0.309 e. The highest BCUT2D eigenvalue weighted by atomic mass is 79.9.